The molecular formula is C47H80O21. The van der Waals surface area contributed by atoms with Gasteiger partial charge in [-0.25, -0.2) is 0 Å². The normalized spacial score (nSPS) is 42.8. The fraction of sp³-hybridized carbons (Fsp3) is 0.936. The molecule has 5 aliphatic heterocycles. The number of carbonyl (C=O) groups is 3. The second-order valence-corrected chi connectivity index (χ2v) is 19.6. The number of rotatable bonds is 12. The lowest BCUT2D eigenvalue weighted by molar-refractivity contribution is -0.393. The monoisotopic (exact) mass is 981 g/mol. The molecule has 68 heavy (non-hydrogen) atoms. The average Bonchev–Trinajstić information content (AvgIpc) is 3.28. The Balaban J connectivity index is 1.40. The first-order valence-electron chi connectivity index (χ1n) is 24.8. The number of aliphatic hydroxyl groups excluding tert-OH is 7. The Morgan fingerprint density at radius 1 is 0.559 bits per heavy atom. The zero-order chi connectivity index (χ0) is 50.0. The Kier molecular flexibility index (Phi) is 22.1. The molecule has 0 radical (unpaired) electrons. The highest BCUT2D eigenvalue weighted by Gasteiger charge is 2.57. The Morgan fingerprint density at radius 3 is 1.79 bits per heavy atom. The van der Waals surface area contributed by atoms with Crippen LogP contribution in [0.25, 0.3) is 0 Å². The first-order valence-corrected chi connectivity index (χ1v) is 24.8. The van der Waals surface area contributed by atoms with E-state index in [1.165, 1.54) is 20.8 Å². The van der Waals surface area contributed by atoms with E-state index in [0.717, 1.165) is 70.6 Å². The molecule has 5 saturated heterocycles. The van der Waals surface area contributed by atoms with Gasteiger partial charge < -0.3 is 87.9 Å². The highest BCUT2D eigenvalue weighted by atomic mass is 16.8. The van der Waals surface area contributed by atoms with Gasteiger partial charge in [-0.15, -0.1) is 0 Å². The van der Waals surface area contributed by atoms with E-state index in [4.69, 9.17) is 52.1 Å². The molecule has 7 N–H and O–H groups in total. The first-order chi connectivity index (χ1) is 32.2. The highest BCUT2D eigenvalue weighted by molar-refractivity contribution is 5.72. The second kappa shape index (κ2) is 26.5. The zero-order valence-electron chi connectivity index (χ0n) is 40.8. The van der Waals surface area contributed by atoms with Crippen LogP contribution < -0.4 is 0 Å². The van der Waals surface area contributed by atoms with Crippen LogP contribution >= 0.6 is 0 Å². The van der Waals surface area contributed by atoms with Crippen molar-refractivity contribution in [2.24, 2.45) is 11.8 Å². The van der Waals surface area contributed by atoms with Crippen molar-refractivity contribution in [3.05, 3.63) is 0 Å². The molecular weight excluding hydrogens is 900 g/mol. The van der Waals surface area contributed by atoms with E-state index in [1.54, 1.807) is 27.7 Å². The molecule has 5 rings (SSSR count). The van der Waals surface area contributed by atoms with E-state index in [9.17, 15) is 50.1 Å². The summed E-state index contributed by atoms with van der Waals surface area (Å²) in [5, 5.41) is 79.0. The summed E-state index contributed by atoms with van der Waals surface area (Å²) in [6.07, 6.45) is -20.7. The number of unbranched alkanes of at least 4 members (excludes halogenated alkanes) is 2. The van der Waals surface area contributed by atoms with Crippen LogP contribution in [0.5, 0.6) is 0 Å². The van der Waals surface area contributed by atoms with E-state index >= 15 is 0 Å². The minimum absolute atomic E-state index is 0.00796. The summed E-state index contributed by atoms with van der Waals surface area (Å²) in [7, 11) is 0. The number of fused-ring (bicyclic) bond motifs is 3. The third-order valence-corrected chi connectivity index (χ3v) is 13.3. The molecule has 21 heteroatoms. The summed E-state index contributed by atoms with van der Waals surface area (Å²) >= 11 is 0. The third kappa shape index (κ3) is 14.7. The Bertz CT molecular complexity index is 1550. The van der Waals surface area contributed by atoms with Crippen molar-refractivity contribution in [2.45, 2.75) is 268 Å². The summed E-state index contributed by atoms with van der Waals surface area (Å²) in [6.45, 7) is 12.9. The second-order valence-electron chi connectivity index (χ2n) is 19.6. The average molecular weight is 981 g/mol. The lowest BCUT2D eigenvalue weighted by Gasteiger charge is -2.49. The summed E-state index contributed by atoms with van der Waals surface area (Å²) in [6, 6.07) is 0. The van der Waals surface area contributed by atoms with Gasteiger partial charge in [0, 0.05) is 6.42 Å². The summed E-state index contributed by atoms with van der Waals surface area (Å²) in [5.41, 5.74) is 0. The van der Waals surface area contributed by atoms with Crippen molar-refractivity contribution in [1.82, 2.24) is 0 Å². The quantitative estimate of drug-likeness (QED) is 0.0833. The molecule has 0 amide bonds. The van der Waals surface area contributed by atoms with Crippen LogP contribution in [0, 0.1) is 11.8 Å². The third-order valence-electron chi connectivity index (χ3n) is 13.3. The van der Waals surface area contributed by atoms with Gasteiger partial charge in [0.2, 0.25) is 0 Å². The van der Waals surface area contributed by atoms with Crippen molar-refractivity contribution in [3.63, 3.8) is 0 Å². The summed E-state index contributed by atoms with van der Waals surface area (Å²) < 4.78 is 66.0. The molecule has 0 aromatic carbocycles. The van der Waals surface area contributed by atoms with Gasteiger partial charge in [0.1, 0.15) is 54.9 Å². The number of carbonyl (C=O) groups excluding carboxylic acids is 3. The minimum Gasteiger partial charge on any atom is -0.456 e. The first kappa shape index (κ1) is 56.7. The van der Waals surface area contributed by atoms with Crippen LogP contribution in [0.15, 0.2) is 0 Å². The van der Waals surface area contributed by atoms with Crippen molar-refractivity contribution in [3.8, 4) is 0 Å². The van der Waals surface area contributed by atoms with Crippen LogP contribution in [0.2, 0.25) is 0 Å². The van der Waals surface area contributed by atoms with Crippen LogP contribution in [0.1, 0.15) is 139 Å². The Labute approximate surface area is 399 Å². The number of ether oxygens (including phenoxy) is 11. The van der Waals surface area contributed by atoms with Gasteiger partial charge in [-0.1, -0.05) is 92.4 Å². The molecule has 5 heterocycles. The Hall–Kier alpha value is -2.19. The molecule has 0 spiro atoms. The molecule has 0 aromatic rings. The fourth-order valence-corrected chi connectivity index (χ4v) is 8.99. The molecule has 2 bridgehead atoms. The molecule has 5 aliphatic rings. The molecule has 0 aliphatic carbocycles. The van der Waals surface area contributed by atoms with Crippen LogP contribution in [0.3, 0.4) is 0 Å². The van der Waals surface area contributed by atoms with Gasteiger partial charge in [-0.2, -0.15) is 0 Å². The van der Waals surface area contributed by atoms with E-state index in [-0.39, 0.29) is 12.5 Å². The smallest absolute Gasteiger partial charge is 0.308 e. The SMILES string of the molecule is CCCCC[C@H]1CCCCCCCCCC(=O)O[C@H]2[C@@H](O)[C@H](O[C@H]3[C@H](O1)O[C@H](C)[C@H](O)[C@@H]3O)O[C@@H](C)[C@@H]2O[C@@H]1O[C@@H](C)[C@H](O[C@@H]2O[C@@H](O)[C@H](OC(=O)C(C)C)[C@@H](O)[C@H]2O)[C@@H](O)[C@H]1OC(=O)C(C)C. The maximum Gasteiger partial charge on any atom is 0.308 e. The molecule has 394 valence electrons. The van der Waals surface area contributed by atoms with E-state index in [1.807, 2.05) is 0 Å². The minimum atomic E-state index is -1.96. The van der Waals surface area contributed by atoms with Crippen LogP contribution in [0.4, 0.5) is 0 Å². The van der Waals surface area contributed by atoms with Gasteiger partial charge in [0.25, 0.3) is 0 Å². The predicted molar refractivity (Wildman–Crippen MR) is 234 cm³/mol. The topological polar surface area (TPSA) is 294 Å². The number of aliphatic hydroxyl groups is 7. The van der Waals surface area contributed by atoms with E-state index < -0.39 is 153 Å². The standard InChI is InChI=1S/C47H80O21/c1-9-10-16-19-27-20-17-14-12-11-13-15-18-21-28(48)62-37-34(54)45(67-39-30(50)29(49)24(6)58-46(39)61-27)59-26(8)36(37)66-47-40(64-42(56)23(4)5)33(53)35(25(7)60-47)65-44-32(52)31(51)38(43(57)68-44)63-41(55)22(2)3/h22-27,29-40,43-47,49-54,57H,9-21H2,1-8H3/t24-,25+,26+,27+,29+,30+,31+,32-,33-,34-,35+,36+,37+,38-,39-,40-,43-,44-,45+,46+,47+/m1/s1. The molecule has 21 atom stereocenters. The van der Waals surface area contributed by atoms with E-state index in [2.05, 4.69) is 6.92 Å². The van der Waals surface area contributed by atoms with Gasteiger partial charge in [-0.3, -0.25) is 14.4 Å². The maximum absolute atomic E-state index is 13.6. The van der Waals surface area contributed by atoms with Crippen molar-refractivity contribution in [2.75, 3.05) is 0 Å². The van der Waals surface area contributed by atoms with Gasteiger partial charge in [0.05, 0.1) is 36.3 Å². The van der Waals surface area contributed by atoms with Crippen LogP contribution in [-0.4, -0.2) is 183 Å². The molecule has 21 nitrogen and oxygen atoms in total. The number of hydrogen-bond acceptors (Lipinski definition) is 21. The lowest BCUT2D eigenvalue weighted by atomic mass is 9.96. The molecule has 0 saturated carbocycles. The zero-order valence-corrected chi connectivity index (χ0v) is 40.8. The number of hydrogen-bond donors (Lipinski definition) is 7. The summed E-state index contributed by atoms with van der Waals surface area (Å²) in [4.78, 5) is 39.0. The van der Waals surface area contributed by atoms with Crippen molar-refractivity contribution in [1.29, 1.82) is 0 Å². The van der Waals surface area contributed by atoms with Gasteiger partial charge in [0.15, 0.2) is 49.8 Å². The van der Waals surface area contributed by atoms with Crippen molar-refractivity contribution >= 4 is 17.9 Å². The molecule has 0 aromatic heterocycles. The van der Waals surface area contributed by atoms with Gasteiger partial charge in [-0.05, 0) is 40.0 Å². The van der Waals surface area contributed by atoms with Crippen LogP contribution in [-0.2, 0) is 66.5 Å². The van der Waals surface area contributed by atoms with Gasteiger partial charge >= 0.3 is 17.9 Å². The molecule has 5 fully saturated rings. The Morgan fingerprint density at radius 2 is 1.15 bits per heavy atom. The highest BCUT2D eigenvalue weighted by Crippen LogP contribution is 2.37. The predicted octanol–water partition coefficient (Wildman–Crippen LogP) is 1.75. The molecule has 0 unspecified atom stereocenters. The fourth-order valence-electron chi connectivity index (χ4n) is 8.99. The number of esters is 3. The summed E-state index contributed by atoms with van der Waals surface area (Å²) in [5.74, 6) is -3.57. The van der Waals surface area contributed by atoms with E-state index in [0.29, 0.717) is 6.42 Å². The lowest BCUT2D eigenvalue weighted by Crippen LogP contribution is -2.67. The largest absolute Gasteiger partial charge is 0.456 e. The maximum atomic E-state index is 13.6. The van der Waals surface area contributed by atoms with Crippen molar-refractivity contribution < 1.29 is 102 Å².